The van der Waals surface area contributed by atoms with Crippen LogP contribution in [0.2, 0.25) is 0 Å². The van der Waals surface area contributed by atoms with Crippen molar-refractivity contribution in [3.05, 3.63) is 46.6 Å². The maximum absolute atomic E-state index is 10.2. The highest BCUT2D eigenvalue weighted by atomic mass is 16.5. The van der Waals surface area contributed by atoms with Crippen molar-refractivity contribution >= 4 is 0 Å². The van der Waals surface area contributed by atoms with Crippen molar-refractivity contribution in [1.29, 1.82) is 0 Å². The zero-order chi connectivity index (χ0) is 15.8. The van der Waals surface area contributed by atoms with Crippen LogP contribution >= 0.6 is 0 Å². The number of ether oxygens (including phenoxy) is 1. The summed E-state index contributed by atoms with van der Waals surface area (Å²) in [6.45, 7) is 8.46. The number of phenols is 1. The Morgan fingerprint density at radius 2 is 1.90 bits per heavy atom. The lowest BCUT2D eigenvalue weighted by molar-refractivity contribution is 0.400. The van der Waals surface area contributed by atoms with Crippen LogP contribution in [0.1, 0.15) is 51.7 Å². The van der Waals surface area contributed by atoms with Crippen molar-refractivity contribution in [3.63, 3.8) is 0 Å². The second-order valence-electron chi connectivity index (χ2n) is 5.72. The summed E-state index contributed by atoms with van der Waals surface area (Å²) in [5.41, 5.74) is 4.67. The lowest BCUT2D eigenvalue weighted by Gasteiger charge is -2.11. The average molecular weight is 288 g/mol. The molecule has 0 aromatic heterocycles. The SMILES string of the molecule is CCc1cc(O)c(C/C=C(\C)CCC=C(C)C)c(OC)c1. The third-order valence-electron chi connectivity index (χ3n) is 3.62. The molecule has 0 aliphatic carbocycles. The van der Waals surface area contributed by atoms with E-state index in [4.69, 9.17) is 4.74 Å². The molecule has 1 aromatic rings. The number of hydrogen-bond donors (Lipinski definition) is 1. The van der Waals surface area contributed by atoms with Crippen LogP contribution in [0.15, 0.2) is 35.4 Å². The van der Waals surface area contributed by atoms with E-state index >= 15 is 0 Å². The van der Waals surface area contributed by atoms with Gasteiger partial charge in [0.05, 0.1) is 7.11 Å². The Morgan fingerprint density at radius 3 is 2.48 bits per heavy atom. The lowest BCUT2D eigenvalue weighted by Crippen LogP contribution is -1.94. The number of benzene rings is 1. The Balaban J connectivity index is 2.80. The van der Waals surface area contributed by atoms with Gasteiger partial charge in [0, 0.05) is 5.56 Å². The number of aryl methyl sites for hydroxylation is 1. The minimum absolute atomic E-state index is 0.333. The molecule has 1 rings (SSSR count). The number of rotatable bonds is 7. The fraction of sp³-hybridized carbons (Fsp3) is 0.474. The van der Waals surface area contributed by atoms with Gasteiger partial charge in [-0.25, -0.2) is 0 Å². The summed E-state index contributed by atoms with van der Waals surface area (Å²) in [6.07, 6.45) is 8.17. The van der Waals surface area contributed by atoms with E-state index in [2.05, 4.69) is 39.8 Å². The van der Waals surface area contributed by atoms with E-state index in [1.807, 2.05) is 12.1 Å². The fourth-order valence-electron chi connectivity index (χ4n) is 2.24. The number of phenolic OH excluding ortho intramolecular Hbond substituents is 1. The molecule has 1 aromatic carbocycles. The van der Waals surface area contributed by atoms with E-state index in [1.54, 1.807) is 7.11 Å². The summed E-state index contributed by atoms with van der Waals surface area (Å²) in [5.74, 6) is 1.11. The summed E-state index contributed by atoms with van der Waals surface area (Å²) >= 11 is 0. The van der Waals surface area contributed by atoms with Crippen LogP contribution in [0, 0.1) is 0 Å². The first-order valence-electron chi connectivity index (χ1n) is 7.65. The van der Waals surface area contributed by atoms with Crippen LogP contribution in [-0.4, -0.2) is 12.2 Å². The summed E-state index contributed by atoms with van der Waals surface area (Å²) in [4.78, 5) is 0. The zero-order valence-corrected chi connectivity index (χ0v) is 14.0. The number of methoxy groups -OCH3 is 1. The van der Waals surface area contributed by atoms with Gasteiger partial charge in [-0.3, -0.25) is 0 Å². The van der Waals surface area contributed by atoms with Crippen LogP contribution in [0.25, 0.3) is 0 Å². The maximum Gasteiger partial charge on any atom is 0.126 e. The van der Waals surface area contributed by atoms with Gasteiger partial charge in [-0.05, 0) is 64.2 Å². The van der Waals surface area contributed by atoms with E-state index in [9.17, 15) is 5.11 Å². The Bertz CT molecular complexity index is 521. The van der Waals surface area contributed by atoms with Crippen molar-refractivity contribution in [2.75, 3.05) is 7.11 Å². The average Bonchev–Trinajstić information content (AvgIpc) is 2.44. The summed E-state index contributed by atoms with van der Waals surface area (Å²) in [5, 5.41) is 10.2. The molecule has 0 atom stereocenters. The van der Waals surface area contributed by atoms with E-state index in [1.165, 1.54) is 11.1 Å². The minimum atomic E-state index is 0.333. The van der Waals surface area contributed by atoms with Gasteiger partial charge in [-0.1, -0.05) is 30.2 Å². The van der Waals surface area contributed by atoms with E-state index < -0.39 is 0 Å². The highest BCUT2D eigenvalue weighted by Crippen LogP contribution is 2.31. The second-order valence-corrected chi connectivity index (χ2v) is 5.72. The van der Waals surface area contributed by atoms with Crippen molar-refractivity contribution in [2.24, 2.45) is 0 Å². The van der Waals surface area contributed by atoms with Crippen LogP contribution < -0.4 is 4.74 Å². The standard InChI is InChI=1S/C19H28O2/c1-6-16-12-18(20)17(19(13-16)21-5)11-10-15(4)9-7-8-14(2)3/h8,10,12-13,20H,6-7,9,11H2,1-5H3/b15-10+. The van der Waals surface area contributed by atoms with Crippen LogP contribution in [0.4, 0.5) is 0 Å². The molecule has 116 valence electrons. The molecular weight excluding hydrogens is 260 g/mol. The Labute approximate surface area is 129 Å². The first-order chi connectivity index (χ1) is 9.97. The topological polar surface area (TPSA) is 29.5 Å². The van der Waals surface area contributed by atoms with Gasteiger partial charge >= 0.3 is 0 Å². The quantitative estimate of drug-likeness (QED) is 0.699. The molecular formula is C19H28O2. The van der Waals surface area contributed by atoms with Crippen LogP contribution in [-0.2, 0) is 12.8 Å². The van der Waals surface area contributed by atoms with Gasteiger partial charge in [0.2, 0.25) is 0 Å². The van der Waals surface area contributed by atoms with Gasteiger partial charge in [0.1, 0.15) is 11.5 Å². The highest BCUT2D eigenvalue weighted by molar-refractivity contribution is 5.48. The van der Waals surface area contributed by atoms with Gasteiger partial charge in [0.25, 0.3) is 0 Å². The molecule has 0 saturated carbocycles. The van der Waals surface area contributed by atoms with E-state index in [-0.39, 0.29) is 0 Å². The van der Waals surface area contributed by atoms with Gasteiger partial charge in [-0.2, -0.15) is 0 Å². The molecule has 2 heteroatoms. The van der Waals surface area contributed by atoms with Gasteiger partial charge in [-0.15, -0.1) is 0 Å². The van der Waals surface area contributed by atoms with Crippen LogP contribution in [0.5, 0.6) is 11.5 Å². The molecule has 0 saturated heterocycles. The molecule has 0 radical (unpaired) electrons. The third kappa shape index (κ3) is 5.66. The van der Waals surface area contributed by atoms with Crippen molar-refractivity contribution in [1.82, 2.24) is 0 Å². The summed E-state index contributed by atoms with van der Waals surface area (Å²) in [7, 11) is 1.66. The van der Waals surface area contributed by atoms with Crippen LogP contribution in [0.3, 0.4) is 0 Å². The Morgan fingerprint density at radius 1 is 1.19 bits per heavy atom. The van der Waals surface area contributed by atoms with E-state index in [0.717, 1.165) is 36.1 Å². The van der Waals surface area contributed by atoms with Gasteiger partial charge in [0.15, 0.2) is 0 Å². The molecule has 0 amide bonds. The first-order valence-corrected chi connectivity index (χ1v) is 7.65. The monoisotopic (exact) mass is 288 g/mol. The van der Waals surface area contributed by atoms with Crippen molar-refractivity contribution in [3.8, 4) is 11.5 Å². The molecule has 0 heterocycles. The number of allylic oxidation sites excluding steroid dienone is 4. The zero-order valence-electron chi connectivity index (χ0n) is 14.0. The molecule has 0 aliphatic heterocycles. The number of hydrogen-bond acceptors (Lipinski definition) is 2. The van der Waals surface area contributed by atoms with Gasteiger partial charge < -0.3 is 9.84 Å². The smallest absolute Gasteiger partial charge is 0.126 e. The summed E-state index contributed by atoms with van der Waals surface area (Å²) in [6, 6.07) is 3.85. The maximum atomic E-state index is 10.2. The summed E-state index contributed by atoms with van der Waals surface area (Å²) < 4.78 is 5.41. The predicted molar refractivity (Wildman–Crippen MR) is 90.2 cm³/mol. The molecule has 1 N–H and O–H groups in total. The fourth-order valence-corrected chi connectivity index (χ4v) is 2.24. The lowest BCUT2D eigenvalue weighted by atomic mass is 10.0. The molecule has 0 spiro atoms. The third-order valence-corrected chi connectivity index (χ3v) is 3.62. The second kappa shape index (κ2) is 8.56. The minimum Gasteiger partial charge on any atom is -0.508 e. The molecule has 2 nitrogen and oxygen atoms in total. The highest BCUT2D eigenvalue weighted by Gasteiger charge is 2.09. The largest absolute Gasteiger partial charge is 0.508 e. The molecule has 0 fully saturated rings. The van der Waals surface area contributed by atoms with E-state index in [0.29, 0.717) is 12.2 Å². The molecule has 21 heavy (non-hydrogen) atoms. The first kappa shape index (κ1) is 17.4. The molecule has 0 aliphatic rings. The van der Waals surface area contributed by atoms with Crippen molar-refractivity contribution in [2.45, 2.75) is 53.4 Å². The molecule has 0 unspecified atom stereocenters. The Hall–Kier alpha value is -1.70. The number of aromatic hydroxyl groups is 1. The van der Waals surface area contributed by atoms with Crippen molar-refractivity contribution < 1.29 is 9.84 Å². The normalized spacial score (nSPS) is 11.4. The predicted octanol–water partition coefficient (Wildman–Crippen LogP) is 5.20. The Kier molecular flexibility index (Phi) is 7.07. The molecule has 0 bridgehead atoms.